The third-order valence-electron chi connectivity index (χ3n) is 5.57. The van der Waals surface area contributed by atoms with Gasteiger partial charge in [-0.2, -0.15) is 0 Å². The summed E-state index contributed by atoms with van der Waals surface area (Å²) in [5.74, 6) is -0.194. The Bertz CT molecular complexity index is 1230. The fraction of sp³-hybridized carbons (Fsp3) is 0.269. The van der Waals surface area contributed by atoms with Gasteiger partial charge in [0.2, 0.25) is 0 Å². The zero-order chi connectivity index (χ0) is 23.4. The van der Waals surface area contributed by atoms with Crippen LogP contribution in [0.3, 0.4) is 0 Å². The molecule has 0 aliphatic heterocycles. The highest BCUT2D eigenvalue weighted by atomic mass is 32.1. The molecule has 4 aromatic rings. The van der Waals surface area contributed by atoms with E-state index in [1.54, 1.807) is 23.5 Å². The van der Waals surface area contributed by atoms with Crippen LogP contribution in [0, 0.1) is 0 Å². The van der Waals surface area contributed by atoms with Gasteiger partial charge in [0.05, 0.1) is 5.56 Å². The number of carboxylic acid groups (broad SMARTS) is 1. The number of H-pyrrole nitrogens is 1. The molecular weight excluding hydrogens is 436 g/mol. The first-order valence-corrected chi connectivity index (χ1v) is 11.7. The molecule has 0 unspecified atom stereocenters. The number of hydrogen-bond acceptors (Lipinski definition) is 5. The molecule has 0 aliphatic carbocycles. The molecule has 33 heavy (non-hydrogen) atoms. The normalized spacial score (nSPS) is 12.7. The van der Waals surface area contributed by atoms with Crippen molar-refractivity contribution in [3.63, 3.8) is 0 Å². The highest BCUT2D eigenvalue weighted by Crippen LogP contribution is 2.33. The fourth-order valence-electron chi connectivity index (χ4n) is 3.98. The van der Waals surface area contributed by atoms with E-state index in [-0.39, 0.29) is 17.7 Å². The summed E-state index contributed by atoms with van der Waals surface area (Å²) in [5, 5.41) is 26.3. The highest BCUT2D eigenvalue weighted by molar-refractivity contribution is 7.13. The Balaban J connectivity index is 1.37. The number of fused-ring (bicyclic) bond motifs is 1. The van der Waals surface area contributed by atoms with Crippen LogP contribution < -0.4 is 10.1 Å². The molecule has 0 spiro atoms. The molecule has 0 bridgehead atoms. The number of β-amino-alcohol motifs (C(OH)–C–C–N with tert-alkyl or cyclic N) is 1. The third kappa shape index (κ3) is 5.45. The molecule has 4 rings (SSSR count). The van der Waals surface area contributed by atoms with Crippen LogP contribution in [0.1, 0.15) is 29.8 Å². The molecule has 0 aliphatic rings. The van der Waals surface area contributed by atoms with Crippen molar-refractivity contribution >= 4 is 28.2 Å². The number of aromatic amines is 1. The Labute approximate surface area is 196 Å². The molecule has 2 heterocycles. The number of carbonyl (C=O) groups is 1. The number of aliphatic hydroxyl groups excluding tert-OH is 1. The molecule has 0 saturated heterocycles. The number of thiophene rings is 1. The van der Waals surface area contributed by atoms with Crippen molar-refractivity contribution in [3.05, 3.63) is 77.3 Å². The van der Waals surface area contributed by atoms with Gasteiger partial charge in [0.1, 0.15) is 18.5 Å². The van der Waals surface area contributed by atoms with Crippen molar-refractivity contribution < 1.29 is 19.7 Å². The van der Waals surface area contributed by atoms with Gasteiger partial charge in [-0.25, -0.2) is 4.79 Å². The zero-order valence-corrected chi connectivity index (χ0v) is 19.5. The second-order valence-corrected chi connectivity index (χ2v) is 9.67. The molecule has 0 fully saturated rings. The predicted molar refractivity (Wildman–Crippen MR) is 132 cm³/mol. The Morgan fingerprint density at radius 1 is 1.15 bits per heavy atom. The third-order valence-corrected chi connectivity index (χ3v) is 6.47. The van der Waals surface area contributed by atoms with Crippen molar-refractivity contribution in [2.75, 3.05) is 13.2 Å². The first-order chi connectivity index (χ1) is 15.8. The van der Waals surface area contributed by atoms with Crippen LogP contribution in [0.5, 0.6) is 5.75 Å². The second kappa shape index (κ2) is 9.79. The van der Waals surface area contributed by atoms with Crippen molar-refractivity contribution in [2.24, 2.45) is 0 Å². The number of ether oxygens (including phenoxy) is 1. The van der Waals surface area contributed by atoms with Crippen LogP contribution in [-0.2, 0) is 6.42 Å². The van der Waals surface area contributed by atoms with E-state index in [9.17, 15) is 15.0 Å². The van der Waals surface area contributed by atoms with Gasteiger partial charge in [0, 0.05) is 39.6 Å². The van der Waals surface area contributed by atoms with Crippen molar-refractivity contribution in [3.8, 4) is 16.2 Å². The maximum Gasteiger partial charge on any atom is 0.336 e. The van der Waals surface area contributed by atoms with E-state index in [4.69, 9.17) is 4.74 Å². The van der Waals surface area contributed by atoms with Crippen molar-refractivity contribution in [2.45, 2.75) is 31.9 Å². The maximum atomic E-state index is 11.7. The zero-order valence-electron chi connectivity index (χ0n) is 18.7. The molecule has 7 heteroatoms. The molecule has 6 nitrogen and oxygen atoms in total. The first kappa shape index (κ1) is 23.0. The average molecular weight is 465 g/mol. The van der Waals surface area contributed by atoms with Gasteiger partial charge in [-0.15, -0.1) is 11.3 Å². The lowest BCUT2D eigenvalue weighted by Crippen LogP contribution is -2.46. The minimum atomic E-state index is -0.942. The topological polar surface area (TPSA) is 94.6 Å². The van der Waals surface area contributed by atoms with Gasteiger partial charge >= 0.3 is 5.97 Å². The Hall–Kier alpha value is -3.13. The number of nitrogens with one attached hydrogen (secondary N) is 2. The van der Waals surface area contributed by atoms with Crippen molar-refractivity contribution in [1.29, 1.82) is 0 Å². The van der Waals surface area contributed by atoms with Crippen LogP contribution in [-0.4, -0.2) is 46.0 Å². The number of aromatic nitrogens is 1. The SMILES string of the molecule is CC(C)(Cc1c[nH]c2cccc(C(=O)O)c12)NC[C@H](O)COc1ccccc1-c1cccs1. The molecule has 2 aromatic heterocycles. The monoisotopic (exact) mass is 464 g/mol. The van der Waals surface area contributed by atoms with E-state index in [0.29, 0.717) is 13.0 Å². The van der Waals surface area contributed by atoms with Crippen LogP contribution in [0.15, 0.2) is 66.2 Å². The summed E-state index contributed by atoms with van der Waals surface area (Å²) in [4.78, 5) is 15.9. The van der Waals surface area contributed by atoms with Gasteiger partial charge in [-0.3, -0.25) is 0 Å². The van der Waals surface area contributed by atoms with E-state index in [2.05, 4.69) is 10.3 Å². The lowest BCUT2D eigenvalue weighted by atomic mass is 9.93. The quantitative estimate of drug-likeness (QED) is 0.267. The minimum Gasteiger partial charge on any atom is -0.490 e. The van der Waals surface area contributed by atoms with Crippen LogP contribution >= 0.6 is 11.3 Å². The van der Waals surface area contributed by atoms with E-state index in [1.165, 1.54) is 0 Å². The number of hydrogen-bond donors (Lipinski definition) is 4. The smallest absolute Gasteiger partial charge is 0.336 e. The van der Waals surface area contributed by atoms with Gasteiger partial charge < -0.3 is 25.3 Å². The molecule has 4 N–H and O–H groups in total. The summed E-state index contributed by atoms with van der Waals surface area (Å²) in [6, 6.07) is 17.1. The Morgan fingerprint density at radius 3 is 2.73 bits per heavy atom. The Morgan fingerprint density at radius 2 is 1.97 bits per heavy atom. The molecular formula is C26H28N2O4S. The highest BCUT2D eigenvalue weighted by Gasteiger charge is 2.23. The minimum absolute atomic E-state index is 0.168. The number of benzene rings is 2. The summed E-state index contributed by atoms with van der Waals surface area (Å²) >= 11 is 1.65. The van der Waals surface area contributed by atoms with Crippen LogP contribution in [0.2, 0.25) is 0 Å². The summed E-state index contributed by atoms with van der Waals surface area (Å²) in [6.07, 6.45) is 1.77. The predicted octanol–water partition coefficient (Wildman–Crippen LogP) is 4.95. The molecule has 0 saturated carbocycles. The number of para-hydroxylation sites is 1. The van der Waals surface area contributed by atoms with E-state index >= 15 is 0 Å². The summed E-state index contributed by atoms with van der Waals surface area (Å²) in [5.41, 5.74) is 2.67. The number of carboxylic acids is 1. The number of rotatable bonds is 10. The second-order valence-electron chi connectivity index (χ2n) is 8.73. The largest absolute Gasteiger partial charge is 0.490 e. The van der Waals surface area contributed by atoms with Gasteiger partial charge in [0.25, 0.3) is 0 Å². The van der Waals surface area contributed by atoms with E-state index in [1.807, 2.05) is 67.9 Å². The molecule has 0 radical (unpaired) electrons. The summed E-state index contributed by atoms with van der Waals surface area (Å²) in [7, 11) is 0. The number of aromatic carboxylic acids is 1. The van der Waals surface area contributed by atoms with Crippen molar-refractivity contribution in [1.82, 2.24) is 10.3 Å². The fourth-order valence-corrected chi connectivity index (χ4v) is 4.74. The lowest BCUT2D eigenvalue weighted by molar-refractivity contribution is 0.0699. The van der Waals surface area contributed by atoms with E-state index in [0.717, 1.165) is 32.7 Å². The molecule has 0 amide bonds. The summed E-state index contributed by atoms with van der Waals surface area (Å²) in [6.45, 7) is 4.59. The lowest BCUT2D eigenvalue weighted by Gasteiger charge is -2.28. The van der Waals surface area contributed by atoms with E-state index < -0.39 is 12.1 Å². The van der Waals surface area contributed by atoms with Gasteiger partial charge in [-0.05, 0) is 61.5 Å². The molecule has 1 atom stereocenters. The Kier molecular flexibility index (Phi) is 6.83. The number of aliphatic hydroxyl groups is 1. The standard InChI is InChI=1S/C26H28N2O4S/c1-26(2,13-17-14-27-21-9-5-8-20(24(17)21)25(30)31)28-15-18(29)16-32-22-10-4-3-7-19(22)23-11-6-12-33-23/h3-12,14,18,27-29H,13,15-16H2,1-2H3,(H,30,31)/t18-/m0/s1. The average Bonchev–Trinajstić information content (AvgIpc) is 3.47. The maximum absolute atomic E-state index is 11.7. The van der Waals surface area contributed by atoms with Gasteiger partial charge in [0.15, 0.2) is 0 Å². The van der Waals surface area contributed by atoms with Crippen LogP contribution in [0.4, 0.5) is 0 Å². The first-order valence-electron chi connectivity index (χ1n) is 10.8. The van der Waals surface area contributed by atoms with Crippen LogP contribution in [0.25, 0.3) is 21.3 Å². The molecule has 172 valence electrons. The molecule has 2 aromatic carbocycles. The summed E-state index contributed by atoms with van der Waals surface area (Å²) < 4.78 is 5.94. The van der Waals surface area contributed by atoms with Gasteiger partial charge in [-0.1, -0.05) is 24.3 Å².